The van der Waals surface area contributed by atoms with Gasteiger partial charge in [-0.15, -0.1) is 0 Å². The van der Waals surface area contributed by atoms with Crippen molar-refractivity contribution in [2.75, 3.05) is 35.2 Å². The van der Waals surface area contributed by atoms with E-state index in [2.05, 4.69) is 9.97 Å². The maximum absolute atomic E-state index is 12.0. The van der Waals surface area contributed by atoms with Crippen LogP contribution in [0.1, 0.15) is 0 Å². The van der Waals surface area contributed by atoms with Crippen molar-refractivity contribution in [3.63, 3.8) is 0 Å². The number of rotatable bonds is 1. The molecule has 1 aromatic carbocycles. The fourth-order valence-electron chi connectivity index (χ4n) is 2.14. The smallest absolute Gasteiger partial charge is 0.260 e. The number of hydrogen-bond donors (Lipinski definition) is 2. The number of anilines is 2. The molecule has 1 saturated heterocycles. The Kier molecular flexibility index (Phi) is 2.98. The Morgan fingerprint density at radius 1 is 1.32 bits per heavy atom. The molecule has 1 aliphatic heterocycles. The minimum absolute atomic E-state index is 0.195. The van der Waals surface area contributed by atoms with Crippen molar-refractivity contribution >= 4 is 33.3 Å². The maximum Gasteiger partial charge on any atom is 0.260 e. The molecule has 0 bridgehead atoms. The van der Waals surface area contributed by atoms with Gasteiger partial charge in [0.15, 0.2) is 0 Å². The average Bonchev–Trinajstić information content (AvgIpc) is 2.40. The van der Waals surface area contributed by atoms with Crippen LogP contribution in [0.3, 0.4) is 0 Å². The molecule has 1 aliphatic rings. The Hall–Kier alpha value is -1.89. The van der Waals surface area contributed by atoms with Crippen LogP contribution >= 0.6 is 0 Å². The summed E-state index contributed by atoms with van der Waals surface area (Å²) in [5, 5.41) is 0.490. The molecule has 19 heavy (non-hydrogen) atoms. The Morgan fingerprint density at radius 3 is 2.79 bits per heavy atom. The summed E-state index contributed by atoms with van der Waals surface area (Å²) >= 11 is 0. The first-order valence-electron chi connectivity index (χ1n) is 6.03. The number of aromatic amines is 1. The zero-order chi connectivity index (χ0) is 13.4. The number of nitrogen functional groups attached to an aromatic ring is 1. The highest BCUT2D eigenvalue weighted by molar-refractivity contribution is 7.85. The summed E-state index contributed by atoms with van der Waals surface area (Å²) in [4.78, 5) is 21.2. The molecule has 2 aromatic rings. The molecule has 3 rings (SSSR count). The van der Waals surface area contributed by atoms with E-state index >= 15 is 0 Å². The number of fused-ring (bicyclic) bond motifs is 1. The highest BCUT2D eigenvalue weighted by Gasteiger charge is 2.18. The van der Waals surface area contributed by atoms with Crippen molar-refractivity contribution < 1.29 is 4.21 Å². The average molecular weight is 278 g/mol. The molecule has 0 spiro atoms. The third kappa shape index (κ3) is 2.33. The minimum atomic E-state index is -0.748. The lowest BCUT2D eigenvalue weighted by atomic mass is 10.2. The predicted octanol–water partition coefficient (Wildman–Crippen LogP) is 0.0740. The van der Waals surface area contributed by atoms with Crippen LogP contribution in [0.15, 0.2) is 23.0 Å². The van der Waals surface area contributed by atoms with Gasteiger partial charge in [-0.2, -0.15) is 0 Å². The molecule has 3 N–H and O–H groups in total. The first-order valence-corrected chi connectivity index (χ1v) is 7.52. The van der Waals surface area contributed by atoms with Crippen LogP contribution in [0.5, 0.6) is 0 Å². The van der Waals surface area contributed by atoms with E-state index in [-0.39, 0.29) is 5.56 Å². The Morgan fingerprint density at radius 2 is 2.05 bits per heavy atom. The molecule has 7 heteroatoms. The number of nitrogens with one attached hydrogen (secondary N) is 1. The lowest BCUT2D eigenvalue weighted by Crippen LogP contribution is -2.39. The third-order valence-electron chi connectivity index (χ3n) is 3.19. The first-order chi connectivity index (χ1) is 9.13. The fraction of sp³-hybridized carbons (Fsp3) is 0.333. The van der Waals surface area contributed by atoms with Gasteiger partial charge in [-0.05, 0) is 18.2 Å². The lowest BCUT2D eigenvalue weighted by molar-refractivity contribution is 0.671. The second-order valence-corrected chi connectivity index (χ2v) is 6.20. The van der Waals surface area contributed by atoms with Crippen LogP contribution in [0.25, 0.3) is 10.9 Å². The summed E-state index contributed by atoms with van der Waals surface area (Å²) in [7, 11) is -0.748. The largest absolute Gasteiger partial charge is 0.399 e. The molecule has 1 aromatic heterocycles. The summed E-state index contributed by atoms with van der Waals surface area (Å²) in [6.45, 7) is 1.30. The van der Waals surface area contributed by atoms with E-state index in [4.69, 9.17) is 5.73 Å². The topological polar surface area (TPSA) is 92.1 Å². The highest BCUT2D eigenvalue weighted by atomic mass is 32.2. The second-order valence-electron chi connectivity index (χ2n) is 4.50. The molecule has 0 radical (unpaired) electrons. The molecule has 0 amide bonds. The number of aromatic nitrogens is 2. The van der Waals surface area contributed by atoms with E-state index in [1.807, 2.05) is 4.90 Å². The van der Waals surface area contributed by atoms with Gasteiger partial charge < -0.3 is 10.6 Å². The molecule has 100 valence electrons. The van der Waals surface area contributed by atoms with Crippen LogP contribution in [0.2, 0.25) is 0 Å². The van der Waals surface area contributed by atoms with Crippen molar-refractivity contribution in [2.45, 2.75) is 0 Å². The van der Waals surface area contributed by atoms with Gasteiger partial charge in [-0.25, -0.2) is 4.98 Å². The Bertz CT molecular complexity index is 702. The lowest BCUT2D eigenvalue weighted by Gasteiger charge is -2.26. The van der Waals surface area contributed by atoms with Gasteiger partial charge in [0.25, 0.3) is 5.56 Å². The minimum Gasteiger partial charge on any atom is -0.399 e. The van der Waals surface area contributed by atoms with Gasteiger partial charge >= 0.3 is 0 Å². The van der Waals surface area contributed by atoms with Crippen LogP contribution in [0.4, 0.5) is 11.6 Å². The number of H-pyrrole nitrogens is 1. The van der Waals surface area contributed by atoms with Crippen LogP contribution in [-0.4, -0.2) is 38.8 Å². The molecule has 0 unspecified atom stereocenters. The van der Waals surface area contributed by atoms with E-state index in [0.717, 1.165) is 0 Å². The van der Waals surface area contributed by atoms with E-state index < -0.39 is 10.8 Å². The molecular weight excluding hydrogens is 264 g/mol. The zero-order valence-corrected chi connectivity index (χ0v) is 11.1. The van der Waals surface area contributed by atoms with Crippen molar-refractivity contribution in [2.24, 2.45) is 0 Å². The van der Waals surface area contributed by atoms with Gasteiger partial charge in [0, 0.05) is 41.1 Å². The predicted molar refractivity (Wildman–Crippen MR) is 76.9 cm³/mol. The first kappa shape index (κ1) is 12.2. The summed E-state index contributed by atoms with van der Waals surface area (Å²) < 4.78 is 11.3. The number of hydrogen-bond acceptors (Lipinski definition) is 5. The number of nitrogens with two attached hydrogens (primary N) is 1. The number of nitrogens with zero attached hydrogens (tertiary/aromatic N) is 2. The normalized spacial score (nSPS) is 16.9. The highest BCUT2D eigenvalue weighted by Crippen LogP contribution is 2.15. The monoisotopic (exact) mass is 278 g/mol. The Labute approximate surface area is 112 Å². The van der Waals surface area contributed by atoms with E-state index in [0.29, 0.717) is 47.1 Å². The van der Waals surface area contributed by atoms with Crippen molar-refractivity contribution in [1.29, 1.82) is 0 Å². The van der Waals surface area contributed by atoms with Crippen LogP contribution in [-0.2, 0) is 10.8 Å². The summed E-state index contributed by atoms with van der Waals surface area (Å²) in [6.07, 6.45) is 0. The molecule has 6 nitrogen and oxygen atoms in total. The summed E-state index contributed by atoms with van der Waals surface area (Å²) in [5.74, 6) is 1.77. The van der Waals surface area contributed by atoms with Crippen molar-refractivity contribution in [3.8, 4) is 0 Å². The van der Waals surface area contributed by atoms with Crippen LogP contribution in [0, 0.1) is 0 Å². The second kappa shape index (κ2) is 4.65. The molecule has 0 saturated carbocycles. The molecular formula is C12H14N4O2S. The number of benzene rings is 1. The van der Waals surface area contributed by atoms with Gasteiger partial charge in [-0.3, -0.25) is 14.0 Å². The van der Waals surface area contributed by atoms with Gasteiger partial charge in [0.1, 0.15) is 0 Å². The standard InChI is InChI=1S/C12H14N4O2S/c13-8-1-2-10-9(7-8)11(17)15-12(14-10)16-3-5-19(18)6-4-16/h1-2,7H,3-6,13H2,(H,14,15,17). The van der Waals surface area contributed by atoms with Crippen molar-refractivity contribution in [3.05, 3.63) is 28.6 Å². The van der Waals surface area contributed by atoms with Gasteiger partial charge in [0.2, 0.25) is 5.95 Å². The van der Waals surface area contributed by atoms with Gasteiger partial charge in [0.05, 0.1) is 10.9 Å². The third-order valence-corrected chi connectivity index (χ3v) is 4.47. The quantitative estimate of drug-likeness (QED) is 0.720. The SMILES string of the molecule is Nc1ccc2nc(N3CCS(=O)CC3)[nH]c(=O)c2c1. The van der Waals surface area contributed by atoms with E-state index in [1.54, 1.807) is 18.2 Å². The molecule has 2 heterocycles. The fourth-order valence-corrected chi connectivity index (χ4v) is 3.20. The van der Waals surface area contributed by atoms with E-state index in [9.17, 15) is 9.00 Å². The summed E-state index contributed by atoms with van der Waals surface area (Å²) in [6, 6.07) is 5.09. The van der Waals surface area contributed by atoms with Crippen molar-refractivity contribution in [1.82, 2.24) is 9.97 Å². The van der Waals surface area contributed by atoms with E-state index in [1.165, 1.54) is 0 Å². The summed E-state index contributed by atoms with van der Waals surface area (Å²) in [5.41, 5.74) is 6.64. The molecule has 0 atom stereocenters. The van der Waals surface area contributed by atoms with Crippen LogP contribution < -0.4 is 16.2 Å². The zero-order valence-electron chi connectivity index (χ0n) is 10.3. The maximum atomic E-state index is 12.0. The molecule has 0 aliphatic carbocycles. The Balaban J connectivity index is 2.04. The van der Waals surface area contributed by atoms with Gasteiger partial charge in [-0.1, -0.05) is 0 Å². The molecule has 1 fully saturated rings.